The molecule has 0 spiro atoms. The number of hydrogen-bond acceptors (Lipinski definition) is 3. The number of aliphatic hydroxyl groups is 1. The lowest BCUT2D eigenvalue weighted by atomic mass is 9.81. The Bertz CT molecular complexity index is 196. The molecular formula is C13H25NO2. The van der Waals surface area contributed by atoms with Gasteiger partial charge >= 0.3 is 0 Å². The summed E-state index contributed by atoms with van der Waals surface area (Å²) in [5.41, 5.74) is 0.0941. The first-order valence-corrected chi connectivity index (χ1v) is 6.74. The highest BCUT2D eigenvalue weighted by Crippen LogP contribution is 2.29. The van der Waals surface area contributed by atoms with E-state index in [1.807, 2.05) is 0 Å². The Morgan fingerprint density at radius 1 is 1.19 bits per heavy atom. The average molecular weight is 227 g/mol. The molecule has 0 aromatic heterocycles. The molecule has 1 saturated carbocycles. The van der Waals surface area contributed by atoms with Crippen LogP contribution in [-0.2, 0) is 4.74 Å². The number of ether oxygens (including phenoxy) is 1. The van der Waals surface area contributed by atoms with Gasteiger partial charge in [0.25, 0.3) is 0 Å². The molecule has 0 aromatic rings. The SMILES string of the molecule is OCC1(CNCC2CCCC2)CCOCC1. The molecule has 3 heteroatoms. The van der Waals surface area contributed by atoms with E-state index in [4.69, 9.17) is 4.74 Å². The van der Waals surface area contributed by atoms with Crippen molar-refractivity contribution in [1.82, 2.24) is 5.32 Å². The Labute approximate surface area is 98.6 Å². The zero-order valence-electron chi connectivity index (χ0n) is 10.2. The lowest BCUT2D eigenvalue weighted by Gasteiger charge is -2.36. The summed E-state index contributed by atoms with van der Waals surface area (Å²) in [5, 5.41) is 13.1. The van der Waals surface area contributed by atoms with Crippen LogP contribution in [0, 0.1) is 11.3 Å². The van der Waals surface area contributed by atoms with Crippen LogP contribution in [0.5, 0.6) is 0 Å². The Morgan fingerprint density at radius 3 is 2.50 bits per heavy atom. The summed E-state index contributed by atoms with van der Waals surface area (Å²) < 4.78 is 5.37. The molecule has 1 aliphatic carbocycles. The van der Waals surface area contributed by atoms with Crippen LogP contribution in [0.4, 0.5) is 0 Å². The molecule has 0 atom stereocenters. The lowest BCUT2D eigenvalue weighted by molar-refractivity contribution is -0.0155. The molecule has 16 heavy (non-hydrogen) atoms. The highest BCUT2D eigenvalue weighted by atomic mass is 16.5. The largest absolute Gasteiger partial charge is 0.396 e. The van der Waals surface area contributed by atoms with E-state index in [2.05, 4.69) is 5.32 Å². The molecule has 0 radical (unpaired) electrons. The van der Waals surface area contributed by atoms with Crippen LogP contribution in [0.1, 0.15) is 38.5 Å². The lowest BCUT2D eigenvalue weighted by Crippen LogP contribution is -2.42. The molecule has 2 rings (SSSR count). The van der Waals surface area contributed by atoms with Crippen LogP contribution < -0.4 is 5.32 Å². The number of hydrogen-bond donors (Lipinski definition) is 2. The zero-order valence-corrected chi connectivity index (χ0v) is 10.2. The second-order valence-electron chi connectivity index (χ2n) is 5.55. The summed E-state index contributed by atoms with van der Waals surface area (Å²) in [7, 11) is 0. The highest BCUT2D eigenvalue weighted by molar-refractivity contribution is 4.84. The smallest absolute Gasteiger partial charge is 0.0501 e. The van der Waals surface area contributed by atoms with Crippen molar-refractivity contribution in [2.45, 2.75) is 38.5 Å². The molecule has 1 heterocycles. The standard InChI is InChI=1S/C13H25NO2/c15-11-13(5-7-16-8-6-13)10-14-9-12-3-1-2-4-12/h12,14-15H,1-11H2. The van der Waals surface area contributed by atoms with Crippen LogP contribution in [0.3, 0.4) is 0 Å². The van der Waals surface area contributed by atoms with Gasteiger partial charge in [-0.05, 0) is 38.1 Å². The van der Waals surface area contributed by atoms with Crippen LogP contribution in [0.25, 0.3) is 0 Å². The van der Waals surface area contributed by atoms with Gasteiger partial charge in [0.2, 0.25) is 0 Å². The normalized spacial score (nSPS) is 26.1. The highest BCUT2D eigenvalue weighted by Gasteiger charge is 2.31. The van der Waals surface area contributed by atoms with Crippen molar-refractivity contribution in [3.05, 3.63) is 0 Å². The van der Waals surface area contributed by atoms with E-state index < -0.39 is 0 Å². The van der Waals surface area contributed by atoms with Gasteiger partial charge in [-0.15, -0.1) is 0 Å². The number of rotatable bonds is 5. The van der Waals surface area contributed by atoms with Gasteiger partial charge in [-0.3, -0.25) is 0 Å². The third kappa shape index (κ3) is 3.19. The molecule has 0 bridgehead atoms. The molecule has 0 unspecified atom stereocenters. The number of nitrogens with one attached hydrogen (secondary N) is 1. The summed E-state index contributed by atoms with van der Waals surface area (Å²) >= 11 is 0. The van der Waals surface area contributed by atoms with Crippen LogP contribution >= 0.6 is 0 Å². The first kappa shape index (κ1) is 12.3. The van der Waals surface area contributed by atoms with Gasteiger partial charge in [0.1, 0.15) is 0 Å². The van der Waals surface area contributed by atoms with Crippen molar-refractivity contribution >= 4 is 0 Å². The van der Waals surface area contributed by atoms with Crippen LogP contribution in [0.2, 0.25) is 0 Å². The summed E-state index contributed by atoms with van der Waals surface area (Å²) in [6.07, 6.45) is 7.60. The molecule has 1 aliphatic heterocycles. The average Bonchev–Trinajstić information content (AvgIpc) is 2.83. The fraction of sp³-hybridized carbons (Fsp3) is 1.00. The molecule has 0 aromatic carbocycles. The molecule has 3 nitrogen and oxygen atoms in total. The topological polar surface area (TPSA) is 41.5 Å². The first-order valence-electron chi connectivity index (χ1n) is 6.74. The molecule has 0 amide bonds. The van der Waals surface area contributed by atoms with Crippen molar-refractivity contribution in [3.63, 3.8) is 0 Å². The minimum Gasteiger partial charge on any atom is -0.396 e. The minimum absolute atomic E-state index is 0.0941. The predicted octanol–water partition coefficient (Wildman–Crippen LogP) is 1.56. The third-order valence-corrected chi connectivity index (χ3v) is 4.30. The van der Waals surface area contributed by atoms with Gasteiger partial charge in [0.05, 0.1) is 6.61 Å². The molecule has 94 valence electrons. The van der Waals surface area contributed by atoms with Gasteiger partial charge in [0.15, 0.2) is 0 Å². The fourth-order valence-electron chi connectivity index (χ4n) is 2.95. The van der Waals surface area contributed by atoms with Gasteiger partial charge < -0.3 is 15.2 Å². The van der Waals surface area contributed by atoms with Gasteiger partial charge in [-0.25, -0.2) is 0 Å². The van der Waals surface area contributed by atoms with Gasteiger partial charge in [-0.1, -0.05) is 12.8 Å². The minimum atomic E-state index is 0.0941. The summed E-state index contributed by atoms with van der Waals surface area (Å²) in [6.45, 7) is 4.03. The molecule has 2 N–H and O–H groups in total. The quantitative estimate of drug-likeness (QED) is 0.749. The number of aliphatic hydroxyl groups excluding tert-OH is 1. The third-order valence-electron chi connectivity index (χ3n) is 4.30. The second-order valence-corrected chi connectivity index (χ2v) is 5.55. The molecule has 2 fully saturated rings. The Hall–Kier alpha value is -0.120. The van der Waals surface area contributed by atoms with E-state index >= 15 is 0 Å². The van der Waals surface area contributed by atoms with E-state index in [1.54, 1.807) is 0 Å². The van der Waals surface area contributed by atoms with E-state index in [1.165, 1.54) is 25.7 Å². The molecular weight excluding hydrogens is 202 g/mol. The van der Waals surface area contributed by atoms with Crippen molar-refractivity contribution in [2.75, 3.05) is 32.9 Å². The molecule has 1 saturated heterocycles. The first-order chi connectivity index (χ1) is 7.85. The van der Waals surface area contributed by atoms with Gasteiger partial charge in [0, 0.05) is 25.2 Å². The summed E-state index contributed by atoms with van der Waals surface area (Å²) in [4.78, 5) is 0. The maximum Gasteiger partial charge on any atom is 0.0501 e. The fourth-order valence-corrected chi connectivity index (χ4v) is 2.95. The predicted molar refractivity (Wildman–Crippen MR) is 64.4 cm³/mol. The van der Waals surface area contributed by atoms with E-state index in [0.29, 0.717) is 6.61 Å². The Kier molecular flexibility index (Phi) is 4.62. The van der Waals surface area contributed by atoms with E-state index in [0.717, 1.165) is 45.1 Å². The second kappa shape index (κ2) is 5.99. The van der Waals surface area contributed by atoms with E-state index in [-0.39, 0.29) is 5.41 Å². The van der Waals surface area contributed by atoms with Crippen molar-refractivity contribution in [3.8, 4) is 0 Å². The monoisotopic (exact) mass is 227 g/mol. The van der Waals surface area contributed by atoms with Gasteiger partial charge in [-0.2, -0.15) is 0 Å². The van der Waals surface area contributed by atoms with Crippen LogP contribution in [-0.4, -0.2) is 38.0 Å². The van der Waals surface area contributed by atoms with Crippen LogP contribution in [0.15, 0.2) is 0 Å². The summed E-state index contributed by atoms with van der Waals surface area (Å²) in [5.74, 6) is 0.885. The summed E-state index contributed by atoms with van der Waals surface area (Å²) in [6, 6.07) is 0. The zero-order chi connectivity index (χ0) is 11.3. The van der Waals surface area contributed by atoms with Crippen molar-refractivity contribution in [1.29, 1.82) is 0 Å². The Balaban J connectivity index is 1.69. The molecule has 2 aliphatic rings. The Morgan fingerprint density at radius 2 is 1.88 bits per heavy atom. The maximum absolute atomic E-state index is 9.54. The van der Waals surface area contributed by atoms with Crippen molar-refractivity contribution < 1.29 is 9.84 Å². The maximum atomic E-state index is 9.54. The van der Waals surface area contributed by atoms with Crippen molar-refractivity contribution in [2.24, 2.45) is 11.3 Å². The van der Waals surface area contributed by atoms with E-state index in [9.17, 15) is 5.11 Å².